The first-order chi connectivity index (χ1) is 18.6. The fourth-order valence-electron chi connectivity index (χ4n) is 4.14. The maximum atomic E-state index is 14.5. The second-order valence-electron chi connectivity index (χ2n) is 8.84. The molecular weight excluding hydrogens is 527 g/mol. The van der Waals surface area contributed by atoms with Crippen LogP contribution in [0.3, 0.4) is 0 Å². The van der Waals surface area contributed by atoms with E-state index in [1.807, 2.05) is 0 Å². The number of nitrogens with zero attached hydrogens (tertiary/aromatic N) is 2. The average molecular weight is 551 g/mol. The van der Waals surface area contributed by atoms with Gasteiger partial charge in [0.15, 0.2) is 23.1 Å². The fraction of sp³-hybridized carbons (Fsp3) is 0.143. The second-order valence-corrected chi connectivity index (χ2v) is 9.24. The maximum Gasteiger partial charge on any atom is 0.307 e. The number of carboxylic acid groups (broad SMARTS) is 1. The van der Waals surface area contributed by atoms with Gasteiger partial charge in [0.05, 0.1) is 28.7 Å². The number of para-hydroxylation sites is 1. The van der Waals surface area contributed by atoms with Crippen LogP contribution in [0.15, 0.2) is 66.7 Å². The number of hydrogen-bond donors (Lipinski definition) is 4. The van der Waals surface area contributed by atoms with Crippen molar-refractivity contribution in [1.29, 1.82) is 0 Å². The first-order valence-corrected chi connectivity index (χ1v) is 12.2. The molecule has 4 aromatic rings. The number of aliphatic carboxylic acids is 1. The number of hydrogen-bond acceptors (Lipinski definition) is 6. The summed E-state index contributed by atoms with van der Waals surface area (Å²) in [5.74, 6) is -3.01. The summed E-state index contributed by atoms with van der Waals surface area (Å²) in [6.07, 6.45) is -0.0716. The Bertz CT molecular complexity index is 1570. The minimum atomic E-state index is -0.975. The van der Waals surface area contributed by atoms with E-state index >= 15 is 0 Å². The molecule has 1 amide bonds. The van der Waals surface area contributed by atoms with Crippen LogP contribution in [-0.4, -0.2) is 43.7 Å². The predicted octanol–water partition coefficient (Wildman–Crippen LogP) is 4.52. The number of aromatic nitrogens is 2. The summed E-state index contributed by atoms with van der Waals surface area (Å²) in [4.78, 5) is 41.1. The molecule has 1 unspecified atom stereocenters. The Labute approximate surface area is 227 Å². The van der Waals surface area contributed by atoms with Gasteiger partial charge in [0, 0.05) is 11.3 Å². The van der Waals surface area contributed by atoms with Crippen LogP contribution in [-0.2, 0) is 17.6 Å². The molecule has 200 valence electrons. The van der Waals surface area contributed by atoms with Crippen molar-refractivity contribution in [3.05, 3.63) is 106 Å². The van der Waals surface area contributed by atoms with E-state index < -0.39 is 23.7 Å². The van der Waals surface area contributed by atoms with Gasteiger partial charge in [-0.25, -0.2) is 9.37 Å². The third kappa shape index (κ3) is 5.97. The summed E-state index contributed by atoms with van der Waals surface area (Å²) < 4.78 is 15.0. The van der Waals surface area contributed by atoms with Crippen molar-refractivity contribution < 1.29 is 29.1 Å². The smallest absolute Gasteiger partial charge is 0.307 e. The van der Waals surface area contributed by atoms with Crippen molar-refractivity contribution in [3.8, 4) is 11.4 Å². The molecule has 0 bridgehead atoms. The highest BCUT2D eigenvalue weighted by atomic mass is 35.5. The summed E-state index contributed by atoms with van der Waals surface area (Å²) in [5, 5.41) is 22.2. The Hall–Kier alpha value is -4.54. The molecule has 0 aliphatic rings. The molecule has 9 nitrogen and oxygen atoms in total. The Morgan fingerprint density at radius 2 is 1.77 bits per heavy atom. The molecule has 0 saturated heterocycles. The molecule has 0 saturated carbocycles. The number of rotatable bonds is 9. The van der Waals surface area contributed by atoms with Crippen LogP contribution in [0.25, 0.3) is 11.4 Å². The number of Topliss-reactive ketones (excluding diaryl/α,β-unsaturated/α-hetero) is 1. The van der Waals surface area contributed by atoms with E-state index in [0.29, 0.717) is 27.1 Å². The first-order valence-electron chi connectivity index (χ1n) is 11.8. The van der Waals surface area contributed by atoms with Gasteiger partial charge < -0.3 is 21.4 Å². The van der Waals surface area contributed by atoms with E-state index in [2.05, 4.69) is 10.3 Å². The number of nitrogens with two attached hydrogens (primary N) is 1. The number of aryl methyl sites for hydroxylation is 1. The van der Waals surface area contributed by atoms with Gasteiger partial charge in [0.1, 0.15) is 0 Å². The standard InChI is InChI=1S/C28H24ClFN4O5/c1-15-25(34(39)27(32-15)19-6-4-7-20(29)24(19)30)28(38)33-22-8-3-2-5-18(22)14-21(31)26(37)17-11-9-16(10-12-17)13-23(35)36/h2-12,21,39H,13-14,31H2,1H3,(H,33,38)(H,35,36). The Morgan fingerprint density at radius 1 is 1.08 bits per heavy atom. The van der Waals surface area contributed by atoms with Crippen LogP contribution in [0.5, 0.6) is 0 Å². The molecule has 0 fully saturated rings. The predicted molar refractivity (Wildman–Crippen MR) is 143 cm³/mol. The molecule has 0 radical (unpaired) electrons. The third-order valence-electron chi connectivity index (χ3n) is 6.07. The number of carbonyl (C=O) groups excluding carboxylic acids is 2. The number of benzene rings is 3. The zero-order chi connectivity index (χ0) is 28.3. The fourth-order valence-corrected chi connectivity index (χ4v) is 4.31. The van der Waals surface area contributed by atoms with E-state index in [1.165, 1.54) is 37.3 Å². The quantitative estimate of drug-likeness (QED) is 0.177. The lowest BCUT2D eigenvalue weighted by atomic mass is 9.96. The SMILES string of the molecule is Cc1nc(-c2cccc(Cl)c2F)n(O)c1C(=O)Nc1ccccc1CC(N)C(=O)c1ccc(CC(=O)O)cc1. The zero-order valence-electron chi connectivity index (χ0n) is 20.7. The van der Waals surface area contributed by atoms with E-state index in [0.717, 1.165) is 0 Å². The number of nitrogens with one attached hydrogen (secondary N) is 1. The molecule has 3 aromatic carbocycles. The Morgan fingerprint density at radius 3 is 2.46 bits per heavy atom. The molecule has 1 atom stereocenters. The van der Waals surface area contributed by atoms with E-state index in [4.69, 9.17) is 22.4 Å². The Balaban J connectivity index is 1.53. The molecule has 5 N–H and O–H groups in total. The number of ketones is 1. The van der Waals surface area contributed by atoms with Crippen LogP contribution in [0.4, 0.5) is 10.1 Å². The van der Waals surface area contributed by atoms with Gasteiger partial charge in [-0.1, -0.05) is 60.1 Å². The molecule has 11 heteroatoms. The molecule has 0 spiro atoms. The van der Waals surface area contributed by atoms with Crippen LogP contribution in [0.1, 0.15) is 37.7 Å². The summed E-state index contributed by atoms with van der Waals surface area (Å²) in [6.45, 7) is 1.50. The van der Waals surface area contributed by atoms with Crippen LogP contribution >= 0.6 is 11.6 Å². The maximum absolute atomic E-state index is 14.5. The van der Waals surface area contributed by atoms with Crippen molar-refractivity contribution in [2.24, 2.45) is 5.73 Å². The zero-order valence-corrected chi connectivity index (χ0v) is 21.4. The average Bonchev–Trinajstić information content (AvgIpc) is 3.19. The van der Waals surface area contributed by atoms with Crippen molar-refractivity contribution in [2.75, 3.05) is 5.32 Å². The van der Waals surface area contributed by atoms with Crippen molar-refractivity contribution >= 4 is 34.9 Å². The number of carbonyl (C=O) groups is 3. The topological polar surface area (TPSA) is 148 Å². The van der Waals surface area contributed by atoms with E-state index in [9.17, 15) is 24.0 Å². The second kappa shape index (κ2) is 11.5. The molecular formula is C28H24ClFN4O5. The van der Waals surface area contributed by atoms with Gasteiger partial charge in [-0.15, -0.1) is 0 Å². The van der Waals surface area contributed by atoms with Crippen LogP contribution < -0.4 is 11.1 Å². The largest absolute Gasteiger partial charge is 0.481 e. The van der Waals surface area contributed by atoms with Crippen molar-refractivity contribution in [2.45, 2.75) is 25.8 Å². The lowest BCUT2D eigenvalue weighted by molar-refractivity contribution is -0.136. The molecule has 0 aliphatic carbocycles. The molecule has 0 aliphatic heterocycles. The number of anilines is 1. The first kappa shape index (κ1) is 27.5. The van der Waals surface area contributed by atoms with E-state index in [-0.39, 0.29) is 46.4 Å². The number of imidazole rings is 1. The lowest BCUT2D eigenvalue weighted by Crippen LogP contribution is -2.33. The third-order valence-corrected chi connectivity index (χ3v) is 6.36. The highest BCUT2D eigenvalue weighted by Gasteiger charge is 2.25. The summed E-state index contributed by atoms with van der Waals surface area (Å²) >= 11 is 5.85. The molecule has 4 rings (SSSR count). The van der Waals surface area contributed by atoms with Crippen LogP contribution in [0, 0.1) is 12.7 Å². The summed E-state index contributed by atoms with van der Waals surface area (Å²) in [7, 11) is 0. The molecule has 39 heavy (non-hydrogen) atoms. The number of amides is 1. The lowest BCUT2D eigenvalue weighted by Gasteiger charge is -2.15. The molecule has 1 aromatic heterocycles. The normalized spacial score (nSPS) is 11.7. The summed E-state index contributed by atoms with van der Waals surface area (Å²) in [6, 6.07) is 16.2. The summed E-state index contributed by atoms with van der Waals surface area (Å²) in [5.41, 5.74) is 7.88. The van der Waals surface area contributed by atoms with Gasteiger partial charge in [-0.3, -0.25) is 14.4 Å². The van der Waals surface area contributed by atoms with Gasteiger partial charge in [-0.05, 0) is 42.7 Å². The Kier molecular flexibility index (Phi) is 8.08. The van der Waals surface area contributed by atoms with Crippen molar-refractivity contribution in [1.82, 2.24) is 9.71 Å². The minimum Gasteiger partial charge on any atom is -0.481 e. The monoisotopic (exact) mass is 550 g/mol. The van der Waals surface area contributed by atoms with Gasteiger partial charge in [0.25, 0.3) is 5.91 Å². The van der Waals surface area contributed by atoms with Crippen molar-refractivity contribution in [3.63, 3.8) is 0 Å². The minimum absolute atomic E-state index is 0.0759. The number of carboxylic acids is 1. The van der Waals surface area contributed by atoms with Crippen LogP contribution in [0.2, 0.25) is 5.02 Å². The van der Waals surface area contributed by atoms with Gasteiger partial charge in [0.2, 0.25) is 0 Å². The van der Waals surface area contributed by atoms with Gasteiger partial charge in [-0.2, -0.15) is 4.73 Å². The van der Waals surface area contributed by atoms with Gasteiger partial charge >= 0.3 is 5.97 Å². The highest BCUT2D eigenvalue weighted by molar-refractivity contribution is 6.31. The molecule has 1 heterocycles. The van der Waals surface area contributed by atoms with E-state index in [1.54, 1.807) is 36.4 Å². The highest BCUT2D eigenvalue weighted by Crippen LogP contribution is 2.28. The number of halogens is 2.